The van der Waals surface area contributed by atoms with Gasteiger partial charge in [-0.25, -0.2) is 0 Å². The number of aliphatic hydroxyl groups is 2. The maximum atomic E-state index is 8.02. The van der Waals surface area contributed by atoms with E-state index in [0.29, 0.717) is 6.61 Å². The highest BCUT2D eigenvalue weighted by molar-refractivity contribution is 4.19. The Morgan fingerprint density at radius 3 is 2.29 bits per heavy atom. The van der Waals surface area contributed by atoms with Crippen LogP contribution in [0, 0.1) is 0 Å². The van der Waals surface area contributed by atoms with Crippen LogP contribution >= 0.6 is 0 Å². The Morgan fingerprint density at radius 1 is 1.57 bits per heavy atom. The van der Waals surface area contributed by atoms with E-state index in [4.69, 9.17) is 10.2 Å². The summed E-state index contributed by atoms with van der Waals surface area (Å²) in [6.45, 7) is 0.694. The molecular weight excluding hydrogens is 96.0 g/mol. The van der Waals surface area contributed by atoms with Crippen molar-refractivity contribution in [1.82, 2.24) is 0 Å². The molecule has 0 aromatic heterocycles. The molecule has 0 heterocycles. The number of ether oxygens (including phenoxy) is 1. The van der Waals surface area contributed by atoms with Crippen LogP contribution in [-0.4, -0.2) is 23.3 Å². The second-order valence-electron chi connectivity index (χ2n) is 1.20. The lowest BCUT2D eigenvalue weighted by molar-refractivity contribution is -0.233. The second kappa shape index (κ2) is 4.05. The zero-order valence-corrected chi connectivity index (χ0v) is 4.29. The van der Waals surface area contributed by atoms with E-state index in [9.17, 15) is 0 Å². The lowest BCUT2D eigenvalue weighted by atomic mass is 10.5. The van der Waals surface area contributed by atoms with Crippen molar-refractivity contribution in [2.75, 3.05) is 6.61 Å². The largest absolute Gasteiger partial charge is 0.346 e. The molecule has 3 nitrogen and oxygen atoms in total. The summed E-state index contributed by atoms with van der Waals surface area (Å²) < 4.78 is 4.30. The Labute approximate surface area is 42.5 Å². The van der Waals surface area contributed by atoms with E-state index < -0.39 is 6.48 Å². The molecule has 0 unspecified atom stereocenters. The molecule has 0 aromatic carbocycles. The van der Waals surface area contributed by atoms with Crippen LogP contribution < -0.4 is 0 Å². The van der Waals surface area contributed by atoms with Crippen molar-refractivity contribution in [3.8, 4) is 0 Å². The lowest BCUT2D eigenvalue weighted by Crippen LogP contribution is -2.09. The third-order valence-electron chi connectivity index (χ3n) is 0.471. The molecule has 0 atom stereocenters. The van der Waals surface area contributed by atoms with E-state index in [1.807, 2.05) is 6.92 Å². The summed E-state index contributed by atoms with van der Waals surface area (Å²) in [5.41, 5.74) is 0. The van der Waals surface area contributed by atoms with Gasteiger partial charge in [0.25, 0.3) is 6.48 Å². The summed E-state index contributed by atoms with van der Waals surface area (Å²) in [5.74, 6) is 0. The van der Waals surface area contributed by atoms with Crippen LogP contribution in [-0.2, 0) is 4.74 Å². The Morgan fingerprint density at radius 2 is 2.14 bits per heavy atom. The van der Waals surface area contributed by atoms with Crippen LogP contribution in [0.2, 0.25) is 0 Å². The van der Waals surface area contributed by atoms with E-state index in [2.05, 4.69) is 4.74 Å². The first-order chi connectivity index (χ1) is 3.27. The molecule has 0 bridgehead atoms. The highest BCUT2D eigenvalue weighted by Crippen LogP contribution is 1.81. The molecular formula is C4H10O3. The van der Waals surface area contributed by atoms with E-state index in [-0.39, 0.29) is 0 Å². The first-order valence-electron chi connectivity index (χ1n) is 2.25. The Bertz CT molecular complexity index is 35.9. The average Bonchev–Trinajstić information content (AvgIpc) is 1.61. The molecule has 0 fully saturated rings. The van der Waals surface area contributed by atoms with Crippen LogP contribution in [0.1, 0.15) is 13.3 Å². The molecule has 0 radical (unpaired) electrons. The van der Waals surface area contributed by atoms with Gasteiger partial charge in [-0.1, -0.05) is 6.92 Å². The van der Waals surface area contributed by atoms with Gasteiger partial charge in [0.15, 0.2) is 0 Å². The molecule has 0 saturated heterocycles. The average molecular weight is 106 g/mol. The van der Waals surface area contributed by atoms with Crippen LogP contribution in [0.25, 0.3) is 0 Å². The van der Waals surface area contributed by atoms with E-state index in [0.717, 1.165) is 6.42 Å². The van der Waals surface area contributed by atoms with Gasteiger partial charge in [-0.3, -0.25) is 0 Å². The molecule has 0 aliphatic heterocycles. The Kier molecular flexibility index (Phi) is 3.98. The van der Waals surface area contributed by atoms with Crippen molar-refractivity contribution in [3.05, 3.63) is 0 Å². The molecule has 0 rings (SSSR count). The zero-order chi connectivity index (χ0) is 5.70. The summed E-state index contributed by atoms with van der Waals surface area (Å²) in [4.78, 5) is 0. The Hall–Kier alpha value is -0.120. The maximum absolute atomic E-state index is 8.02. The molecule has 0 aliphatic carbocycles. The van der Waals surface area contributed by atoms with Crippen molar-refractivity contribution in [2.24, 2.45) is 0 Å². The summed E-state index contributed by atoms with van der Waals surface area (Å²) in [5, 5.41) is 16.0. The van der Waals surface area contributed by atoms with E-state index in [1.165, 1.54) is 0 Å². The second-order valence-corrected chi connectivity index (χ2v) is 1.20. The van der Waals surface area contributed by atoms with Gasteiger partial charge in [0.05, 0.1) is 6.61 Å². The van der Waals surface area contributed by atoms with Crippen molar-refractivity contribution in [3.63, 3.8) is 0 Å². The van der Waals surface area contributed by atoms with Crippen LogP contribution in [0.3, 0.4) is 0 Å². The quantitative estimate of drug-likeness (QED) is 0.485. The number of hydrogen-bond acceptors (Lipinski definition) is 3. The minimum Gasteiger partial charge on any atom is -0.346 e. The van der Waals surface area contributed by atoms with Gasteiger partial charge in [0, 0.05) is 0 Å². The molecule has 0 amide bonds. The first-order valence-corrected chi connectivity index (χ1v) is 2.25. The summed E-state index contributed by atoms with van der Waals surface area (Å²) in [6, 6.07) is 0. The summed E-state index contributed by atoms with van der Waals surface area (Å²) in [6.07, 6.45) is 0.803. The number of hydrogen-bond donors (Lipinski definition) is 2. The van der Waals surface area contributed by atoms with Crippen molar-refractivity contribution in [2.45, 2.75) is 19.8 Å². The summed E-state index contributed by atoms with van der Waals surface area (Å²) >= 11 is 0. The number of aliphatic hydroxyl groups excluding tert-OH is 1. The normalized spacial score (nSPS) is 10.3. The fourth-order valence-corrected chi connectivity index (χ4v) is 0.223. The topological polar surface area (TPSA) is 49.7 Å². The zero-order valence-electron chi connectivity index (χ0n) is 4.29. The van der Waals surface area contributed by atoms with E-state index >= 15 is 0 Å². The highest BCUT2D eigenvalue weighted by Gasteiger charge is 1.90. The monoisotopic (exact) mass is 106 g/mol. The minimum atomic E-state index is -1.60. The standard InChI is InChI=1S/C4H10O3/c1-2-3-7-4(5)6/h4-6H,2-3H2,1H3. The van der Waals surface area contributed by atoms with Gasteiger partial charge in [0.1, 0.15) is 0 Å². The predicted octanol–water partition coefficient (Wildman–Crippen LogP) is -0.319. The molecule has 0 saturated carbocycles. The number of rotatable bonds is 3. The van der Waals surface area contributed by atoms with Crippen molar-refractivity contribution >= 4 is 0 Å². The smallest absolute Gasteiger partial charge is 0.266 e. The van der Waals surface area contributed by atoms with Gasteiger partial charge in [-0.2, -0.15) is 0 Å². The third-order valence-corrected chi connectivity index (χ3v) is 0.471. The minimum absolute atomic E-state index is 0.400. The van der Waals surface area contributed by atoms with Crippen LogP contribution in [0.5, 0.6) is 0 Å². The molecule has 7 heavy (non-hydrogen) atoms. The van der Waals surface area contributed by atoms with Gasteiger partial charge < -0.3 is 14.9 Å². The fourth-order valence-electron chi connectivity index (χ4n) is 0.223. The summed E-state index contributed by atoms with van der Waals surface area (Å²) in [7, 11) is 0. The lowest BCUT2D eigenvalue weighted by Gasteiger charge is -2.00. The van der Waals surface area contributed by atoms with Gasteiger partial charge in [0.2, 0.25) is 0 Å². The van der Waals surface area contributed by atoms with Crippen LogP contribution in [0.15, 0.2) is 0 Å². The Balaban J connectivity index is 2.68. The van der Waals surface area contributed by atoms with Gasteiger partial charge in [-0.15, -0.1) is 0 Å². The predicted molar refractivity (Wildman–Crippen MR) is 24.5 cm³/mol. The molecule has 0 spiro atoms. The van der Waals surface area contributed by atoms with Crippen molar-refractivity contribution in [1.29, 1.82) is 0 Å². The molecule has 0 aliphatic rings. The molecule has 0 aromatic rings. The first kappa shape index (κ1) is 6.88. The van der Waals surface area contributed by atoms with Gasteiger partial charge >= 0.3 is 0 Å². The van der Waals surface area contributed by atoms with E-state index in [1.54, 1.807) is 0 Å². The van der Waals surface area contributed by atoms with Crippen molar-refractivity contribution < 1.29 is 14.9 Å². The molecule has 3 heteroatoms. The van der Waals surface area contributed by atoms with Crippen LogP contribution in [0.4, 0.5) is 0 Å². The third kappa shape index (κ3) is 5.88. The fraction of sp³-hybridized carbons (Fsp3) is 1.00. The highest BCUT2D eigenvalue weighted by atomic mass is 16.7. The molecule has 2 N–H and O–H groups in total. The maximum Gasteiger partial charge on any atom is 0.266 e. The SMILES string of the molecule is CCCOC(O)O. The molecule has 44 valence electrons. The van der Waals surface area contributed by atoms with Gasteiger partial charge in [-0.05, 0) is 6.42 Å².